The number of carbonyl (C=O) groups is 2. The summed E-state index contributed by atoms with van der Waals surface area (Å²) < 4.78 is 11.1. The molecule has 0 radical (unpaired) electrons. The lowest BCUT2D eigenvalue weighted by atomic mass is 9.68. The fourth-order valence-corrected chi connectivity index (χ4v) is 4.99. The number of rotatable bonds is 5. The maximum absolute atomic E-state index is 13.4. The van der Waals surface area contributed by atoms with E-state index in [0.717, 1.165) is 10.5 Å². The molecule has 0 bridgehead atoms. The molecule has 0 amide bonds. The number of hydrogen-bond donors (Lipinski definition) is 1. The molecule has 2 aliphatic carbocycles. The molecule has 156 valence electrons. The number of hydrogen-bond acceptors (Lipinski definition) is 7. The number of aliphatic hydroxyl groups is 1. The van der Waals surface area contributed by atoms with Gasteiger partial charge in [0.05, 0.1) is 4.91 Å². The molecule has 2 aromatic carbocycles. The number of fused-ring (bicyclic) bond motifs is 2. The third kappa shape index (κ3) is 3.40. The van der Waals surface area contributed by atoms with Gasteiger partial charge < -0.3 is 14.4 Å². The fourth-order valence-electron chi connectivity index (χ4n) is 4.02. The number of thioether (sulfide) groups is 1. The maximum Gasteiger partial charge on any atom is 0.265 e. The smallest absolute Gasteiger partial charge is 0.265 e. The number of Topliss-reactive ketones (excluding diaryl/α,β-unsaturated/α-hetero) is 2. The summed E-state index contributed by atoms with van der Waals surface area (Å²) in [4.78, 5) is 27.9. The Morgan fingerprint density at radius 2 is 1.77 bits per heavy atom. The second-order valence-electron chi connectivity index (χ2n) is 7.61. The Morgan fingerprint density at radius 3 is 2.52 bits per heavy atom. The summed E-state index contributed by atoms with van der Waals surface area (Å²) in [5.41, 5.74) is -1.18. The Bertz CT molecular complexity index is 1170. The molecule has 0 saturated carbocycles. The fraction of sp³-hybridized carbons (Fsp3) is 0.208. The van der Waals surface area contributed by atoms with Gasteiger partial charge in [0.25, 0.3) is 5.88 Å². The van der Waals surface area contributed by atoms with Gasteiger partial charge in [0.2, 0.25) is 11.6 Å². The first kappa shape index (κ1) is 19.8. The Labute approximate surface area is 182 Å². The second kappa shape index (κ2) is 7.83. The van der Waals surface area contributed by atoms with Crippen molar-refractivity contribution in [3.05, 3.63) is 88.5 Å². The van der Waals surface area contributed by atoms with E-state index in [9.17, 15) is 14.7 Å². The Morgan fingerprint density at radius 1 is 1.06 bits per heavy atom. The summed E-state index contributed by atoms with van der Waals surface area (Å²) in [6.07, 6.45) is 2.43. The summed E-state index contributed by atoms with van der Waals surface area (Å²) in [6, 6.07) is 18.8. The van der Waals surface area contributed by atoms with Crippen LogP contribution in [-0.2, 0) is 17.8 Å². The molecule has 1 heterocycles. The van der Waals surface area contributed by atoms with Crippen molar-refractivity contribution in [2.24, 2.45) is 5.92 Å². The minimum atomic E-state index is -2.14. The van der Waals surface area contributed by atoms with Crippen LogP contribution < -0.4 is 4.74 Å². The van der Waals surface area contributed by atoms with E-state index in [2.05, 4.69) is 5.16 Å². The average molecular weight is 433 g/mol. The number of aromatic nitrogens is 1. The number of carbonyl (C=O) groups excluding carboxylic acids is 2. The van der Waals surface area contributed by atoms with Crippen LogP contribution in [0.3, 0.4) is 0 Å². The Hall–Kier alpha value is -3.16. The van der Waals surface area contributed by atoms with Gasteiger partial charge in [-0.15, -0.1) is 0 Å². The van der Waals surface area contributed by atoms with Crippen LogP contribution in [0.25, 0.3) is 0 Å². The topological polar surface area (TPSA) is 89.6 Å². The van der Waals surface area contributed by atoms with Crippen LogP contribution in [0.15, 0.2) is 81.1 Å². The van der Waals surface area contributed by atoms with Crippen LogP contribution in [0.1, 0.15) is 28.1 Å². The largest absolute Gasteiger partial charge is 0.470 e. The molecule has 7 heteroatoms. The molecule has 0 fully saturated rings. The lowest BCUT2D eigenvalue weighted by molar-refractivity contribution is -0.134. The van der Waals surface area contributed by atoms with Gasteiger partial charge in [0, 0.05) is 17.2 Å². The monoisotopic (exact) mass is 433 g/mol. The summed E-state index contributed by atoms with van der Waals surface area (Å²) in [7, 11) is 0. The van der Waals surface area contributed by atoms with Gasteiger partial charge in [0.15, 0.2) is 11.4 Å². The van der Waals surface area contributed by atoms with Crippen molar-refractivity contribution in [1.82, 2.24) is 5.16 Å². The number of ether oxygens (including phenoxy) is 1. The molecule has 0 unspecified atom stereocenters. The highest BCUT2D eigenvalue weighted by Crippen LogP contribution is 2.46. The first-order valence-corrected chi connectivity index (χ1v) is 10.8. The van der Waals surface area contributed by atoms with Gasteiger partial charge in [-0.3, -0.25) is 9.59 Å². The predicted molar refractivity (Wildman–Crippen MR) is 114 cm³/mol. The van der Waals surface area contributed by atoms with Gasteiger partial charge in [-0.1, -0.05) is 66.4 Å². The van der Waals surface area contributed by atoms with Crippen molar-refractivity contribution in [1.29, 1.82) is 0 Å². The van der Waals surface area contributed by atoms with E-state index in [0.29, 0.717) is 17.1 Å². The van der Waals surface area contributed by atoms with Gasteiger partial charge in [-0.05, 0) is 29.3 Å². The molecule has 2 aliphatic rings. The molecule has 6 nitrogen and oxygen atoms in total. The molecular weight excluding hydrogens is 414 g/mol. The Kier molecular flexibility index (Phi) is 5.00. The zero-order valence-corrected chi connectivity index (χ0v) is 17.3. The molecule has 1 N–H and O–H groups in total. The molecule has 0 aliphatic heterocycles. The second-order valence-corrected chi connectivity index (χ2v) is 8.72. The minimum Gasteiger partial charge on any atom is -0.470 e. The van der Waals surface area contributed by atoms with E-state index in [1.54, 1.807) is 6.08 Å². The Balaban J connectivity index is 1.42. The van der Waals surface area contributed by atoms with Crippen LogP contribution in [0, 0.1) is 5.92 Å². The van der Waals surface area contributed by atoms with E-state index >= 15 is 0 Å². The van der Waals surface area contributed by atoms with Crippen LogP contribution >= 0.6 is 11.8 Å². The summed E-state index contributed by atoms with van der Waals surface area (Å²) >= 11 is 1.25. The number of allylic oxidation sites excluding steroid dienone is 1. The first-order valence-electron chi connectivity index (χ1n) is 9.97. The highest BCUT2D eigenvalue weighted by Gasteiger charge is 2.58. The maximum atomic E-state index is 13.4. The molecule has 0 spiro atoms. The molecule has 0 saturated heterocycles. The highest BCUT2D eigenvalue weighted by atomic mass is 32.2. The van der Waals surface area contributed by atoms with Crippen LogP contribution in [0.4, 0.5) is 0 Å². The van der Waals surface area contributed by atoms with Crippen molar-refractivity contribution < 1.29 is 24.0 Å². The highest BCUT2D eigenvalue weighted by molar-refractivity contribution is 8.04. The third-order valence-corrected chi connectivity index (χ3v) is 6.75. The van der Waals surface area contributed by atoms with Crippen molar-refractivity contribution >= 4 is 23.3 Å². The minimum absolute atomic E-state index is 0.00958. The molecule has 31 heavy (non-hydrogen) atoms. The number of benzene rings is 2. The molecule has 3 aromatic rings. The van der Waals surface area contributed by atoms with Crippen LogP contribution in [0.5, 0.6) is 5.88 Å². The standard InChI is InChI=1S/C24H19NO5S/c26-21-19(31-17-9-5-2-6-10-17)12-11-16-13-18-20(22(27)24(16,21)28)23(25-30-18)29-14-15-7-3-1-4-8-15/h1-10,12,16,28H,11,13-14H2/t16-,24-/m0/s1. The van der Waals surface area contributed by atoms with Gasteiger partial charge in [-0.25, -0.2) is 0 Å². The van der Waals surface area contributed by atoms with Gasteiger partial charge in [0.1, 0.15) is 12.2 Å². The lowest BCUT2D eigenvalue weighted by Gasteiger charge is -2.38. The van der Waals surface area contributed by atoms with Gasteiger partial charge >= 0.3 is 0 Å². The lowest BCUT2D eigenvalue weighted by Crippen LogP contribution is -2.57. The van der Waals surface area contributed by atoms with Crippen molar-refractivity contribution in [2.75, 3.05) is 0 Å². The first-order chi connectivity index (χ1) is 15.1. The molecular formula is C24H19NO5S. The van der Waals surface area contributed by atoms with Crippen molar-refractivity contribution in [3.63, 3.8) is 0 Å². The number of ketones is 2. The quantitative estimate of drug-likeness (QED) is 0.609. The molecule has 1 aromatic heterocycles. The zero-order valence-electron chi connectivity index (χ0n) is 16.5. The van der Waals surface area contributed by atoms with Crippen molar-refractivity contribution in [3.8, 4) is 5.88 Å². The third-order valence-electron chi connectivity index (χ3n) is 5.67. The van der Waals surface area contributed by atoms with Gasteiger partial charge in [-0.2, -0.15) is 0 Å². The van der Waals surface area contributed by atoms with E-state index < -0.39 is 23.1 Å². The van der Waals surface area contributed by atoms with E-state index in [4.69, 9.17) is 9.26 Å². The van der Waals surface area contributed by atoms with Crippen LogP contribution in [-0.4, -0.2) is 27.4 Å². The average Bonchev–Trinajstić information content (AvgIpc) is 3.21. The number of nitrogens with zero attached hydrogens (tertiary/aromatic N) is 1. The van der Waals surface area contributed by atoms with Crippen LogP contribution in [0.2, 0.25) is 0 Å². The zero-order chi connectivity index (χ0) is 21.4. The summed E-state index contributed by atoms with van der Waals surface area (Å²) in [6.45, 7) is 0.192. The molecule has 2 atom stereocenters. The molecule has 5 rings (SSSR count). The van der Waals surface area contributed by atoms with E-state index in [1.807, 2.05) is 60.7 Å². The van der Waals surface area contributed by atoms with Crippen molar-refractivity contribution in [2.45, 2.75) is 29.9 Å². The van der Waals surface area contributed by atoms with E-state index in [1.165, 1.54) is 11.8 Å². The predicted octanol–water partition coefficient (Wildman–Crippen LogP) is 3.99. The summed E-state index contributed by atoms with van der Waals surface area (Å²) in [5.74, 6) is -1.51. The SMILES string of the molecule is O=C1C(Sc2ccccc2)=CC[C@H]2Cc3onc(OCc4ccccc4)c3C(=O)[C@@]12O. The summed E-state index contributed by atoms with van der Waals surface area (Å²) in [5, 5.41) is 15.3. The normalized spacial score (nSPS) is 22.5. The van der Waals surface area contributed by atoms with E-state index in [-0.39, 0.29) is 24.5 Å².